The quantitative estimate of drug-likeness (QED) is 0.737. The van der Waals surface area contributed by atoms with Gasteiger partial charge in [0.25, 0.3) is 0 Å². The number of rotatable bonds is 1. The van der Waals surface area contributed by atoms with E-state index in [4.69, 9.17) is 0 Å². The molecule has 0 saturated carbocycles. The minimum atomic E-state index is 0.0259. The number of aromatic amines is 1. The standard InChI is InChI=1S/C8H7BrN2O/c9-4-6-5-11-2-1-7(12)3-8(11)10-6/h1-3,5,10H,4H2. The van der Waals surface area contributed by atoms with Gasteiger partial charge in [-0.2, -0.15) is 0 Å². The summed E-state index contributed by atoms with van der Waals surface area (Å²) in [6, 6.07) is 3.12. The highest BCUT2D eigenvalue weighted by molar-refractivity contribution is 9.08. The maximum Gasteiger partial charge on any atom is 0.183 e. The first-order valence-corrected chi connectivity index (χ1v) is 4.67. The number of imidazole rings is 1. The molecule has 0 atom stereocenters. The van der Waals surface area contributed by atoms with Crippen molar-refractivity contribution >= 4 is 21.6 Å². The van der Waals surface area contributed by atoms with E-state index in [2.05, 4.69) is 20.9 Å². The van der Waals surface area contributed by atoms with E-state index < -0.39 is 0 Å². The molecule has 0 saturated heterocycles. The molecule has 0 fully saturated rings. The Labute approximate surface area is 77.2 Å². The molecule has 0 aliphatic heterocycles. The van der Waals surface area contributed by atoms with Crippen molar-refractivity contribution < 1.29 is 0 Å². The van der Waals surface area contributed by atoms with E-state index in [-0.39, 0.29) is 5.43 Å². The Kier molecular flexibility index (Phi) is 1.77. The van der Waals surface area contributed by atoms with Gasteiger partial charge in [-0.25, -0.2) is 0 Å². The van der Waals surface area contributed by atoms with Crippen LogP contribution in [0.25, 0.3) is 5.65 Å². The fourth-order valence-electron chi connectivity index (χ4n) is 1.14. The monoisotopic (exact) mass is 226 g/mol. The molecule has 1 N–H and O–H groups in total. The molecule has 0 unspecified atom stereocenters. The topological polar surface area (TPSA) is 37.3 Å². The second-order valence-corrected chi connectivity index (χ2v) is 3.13. The van der Waals surface area contributed by atoms with Crippen LogP contribution in [0.3, 0.4) is 0 Å². The maximum absolute atomic E-state index is 10.9. The van der Waals surface area contributed by atoms with Crippen LogP contribution in [0.4, 0.5) is 0 Å². The molecule has 0 aliphatic carbocycles. The first-order chi connectivity index (χ1) is 5.79. The number of fused-ring (bicyclic) bond motifs is 1. The lowest BCUT2D eigenvalue weighted by Gasteiger charge is -1.87. The van der Waals surface area contributed by atoms with Gasteiger partial charge in [-0.15, -0.1) is 0 Å². The van der Waals surface area contributed by atoms with E-state index in [1.165, 1.54) is 0 Å². The number of hydrogen-bond donors (Lipinski definition) is 1. The summed E-state index contributed by atoms with van der Waals surface area (Å²) in [5, 5.41) is 0.767. The van der Waals surface area contributed by atoms with Crippen LogP contribution in [0.5, 0.6) is 0 Å². The van der Waals surface area contributed by atoms with Gasteiger partial charge in [-0.05, 0) is 0 Å². The minimum absolute atomic E-state index is 0.0259. The van der Waals surface area contributed by atoms with Crippen LogP contribution >= 0.6 is 15.9 Å². The molecule has 2 rings (SSSR count). The zero-order valence-corrected chi connectivity index (χ0v) is 7.84. The van der Waals surface area contributed by atoms with Crippen LogP contribution in [-0.2, 0) is 5.33 Å². The Hall–Kier alpha value is -1.03. The van der Waals surface area contributed by atoms with Crippen molar-refractivity contribution in [2.24, 2.45) is 0 Å². The first kappa shape index (κ1) is 7.61. The summed E-state index contributed by atoms with van der Waals surface area (Å²) in [4.78, 5) is 14.0. The molecule has 0 bridgehead atoms. The smallest absolute Gasteiger partial charge is 0.183 e. The molecule has 2 heterocycles. The third kappa shape index (κ3) is 1.18. The number of aromatic nitrogens is 2. The van der Waals surface area contributed by atoms with Crippen molar-refractivity contribution in [1.29, 1.82) is 0 Å². The Morgan fingerprint density at radius 1 is 1.58 bits per heavy atom. The van der Waals surface area contributed by atoms with Crippen molar-refractivity contribution in [3.05, 3.63) is 40.4 Å². The maximum atomic E-state index is 10.9. The molecule has 4 heteroatoms. The average molecular weight is 227 g/mol. The molecule has 0 radical (unpaired) electrons. The van der Waals surface area contributed by atoms with Gasteiger partial charge < -0.3 is 9.38 Å². The zero-order chi connectivity index (χ0) is 8.55. The van der Waals surface area contributed by atoms with Gasteiger partial charge in [0.2, 0.25) is 0 Å². The molecule has 0 amide bonds. The summed E-state index contributed by atoms with van der Waals surface area (Å²) >= 11 is 3.33. The molecule has 3 nitrogen and oxygen atoms in total. The predicted octanol–water partition coefficient (Wildman–Crippen LogP) is 1.52. The SMILES string of the molecule is O=c1ccn2cc(CBr)[nH]c2c1. The molecular formula is C8H7BrN2O. The number of nitrogens with zero attached hydrogens (tertiary/aromatic N) is 1. The summed E-state index contributed by atoms with van der Waals surface area (Å²) in [5.74, 6) is 0. The summed E-state index contributed by atoms with van der Waals surface area (Å²) in [6.07, 6.45) is 3.70. The van der Waals surface area contributed by atoms with Crippen molar-refractivity contribution in [3.63, 3.8) is 0 Å². The van der Waals surface area contributed by atoms with Gasteiger partial charge in [0.1, 0.15) is 5.65 Å². The number of halogens is 1. The Bertz CT molecular complexity index is 457. The lowest BCUT2D eigenvalue weighted by atomic mass is 10.5. The van der Waals surface area contributed by atoms with Crippen molar-refractivity contribution in [2.75, 3.05) is 0 Å². The predicted molar refractivity (Wildman–Crippen MR) is 50.6 cm³/mol. The first-order valence-electron chi connectivity index (χ1n) is 3.55. The molecule has 2 aromatic heterocycles. The van der Waals surface area contributed by atoms with Gasteiger partial charge in [0.15, 0.2) is 5.43 Å². The lowest BCUT2D eigenvalue weighted by Crippen LogP contribution is -1.97. The molecular weight excluding hydrogens is 220 g/mol. The molecule has 12 heavy (non-hydrogen) atoms. The number of pyridine rings is 1. The number of H-pyrrole nitrogens is 1. The van der Waals surface area contributed by atoms with Gasteiger partial charge in [0, 0.05) is 35.6 Å². The van der Waals surface area contributed by atoms with Crippen LogP contribution in [-0.4, -0.2) is 9.38 Å². The zero-order valence-electron chi connectivity index (χ0n) is 6.25. The van der Waals surface area contributed by atoms with Gasteiger partial charge >= 0.3 is 0 Å². The minimum Gasteiger partial charge on any atom is -0.343 e. The fraction of sp³-hybridized carbons (Fsp3) is 0.125. The van der Waals surface area contributed by atoms with Crippen LogP contribution in [0.1, 0.15) is 5.69 Å². The lowest BCUT2D eigenvalue weighted by molar-refractivity contribution is 1.17. The number of alkyl halides is 1. The molecule has 0 aliphatic rings. The number of hydrogen-bond acceptors (Lipinski definition) is 1. The molecule has 2 aromatic rings. The highest BCUT2D eigenvalue weighted by Crippen LogP contribution is 2.05. The van der Waals surface area contributed by atoms with E-state index in [0.717, 1.165) is 16.7 Å². The van der Waals surface area contributed by atoms with Crippen LogP contribution in [0.2, 0.25) is 0 Å². The number of nitrogens with one attached hydrogen (secondary N) is 1. The Morgan fingerprint density at radius 3 is 3.17 bits per heavy atom. The second kappa shape index (κ2) is 2.79. The van der Waals surface area contributed by atoms with Crippen molar-refractivity contribution in [3.8, 4) is 0 Å². The highest BCUT2D eigenvalue weighted by Gasteiger charge is 1.96. The normalized spacial score (nSPS) is 10.8. The second-order valence-electron chi connectivity index (χ2n) is 2.57. The third-order valence-electron chi connectivity index (χ3n) is 1.68. The summed E-state index contributed by atoms with van der Waals surface area (Å²) in [5.41, 5.74) is 1.91. The molecule has 0 aromatic carbocycles. The molecule has 62 valence electrons. The Morgan fingerprint density at radius 2 is 2.42 bits per heavy atom. The third-order valence-corrected chi connectivity index (χ3v) is 2.29. The molecule has 0 spiro atoms. The largest absolute Gasteiger partial charge is 0.343 e. The van der Waals surface area contributed by atoms with E-state index >= 15 is 0 Å². The van der Waals surface area contributed by atoms with E-state index in [1.807, 2.05) is 10.6 Å². The van der Waals surface area contributed by atoms with E-state index in [0.29, 0.717) is 0 Å². The summed E-state index contributed by atoms with van der Waals surface area (Å²) in [6.45, 7) is 0. The summed E-state index contributed by atoms with van der Waals surface area (Å²) < 4.78 is 1.89. The van der Waals surface area contributed by atoms with Crippen LogP contribution in [0.15, 0.2) is 29.3 Å². The Balaban J connectivity index is 2.75. The summed E-state index contributed by atoms with van der Waals surface area (Å²) in [7, 11) is 0. The average Bonchev–Trinajstić information content (AvgIpc) is 2.46. The van der Waals surface area contributed by atoms with Gasteiger partial charge in [-0.3, -0.25) is 4.79 Å². The van der Waals surface area contributed by atoms with Crippen LogP contribution in [0, 0.1) is 0 Å². The van der Waals surface area contributed by atoms with Crippen molar-refractivity contribution in [2.45, 2.75) is 5.33 Å². The van der Waals surface area contributed by atoms with E-state index in [9.17, 15) is 4.79 Å². The van der Waals surface area contributed by atoms with Gasteiger partial charge in [0.05, 0.1) is 0 Å². The highest BCUT2D eigenvalue weighted by atomic mass is 79.9. The van der Waals surface area contributed by atoms with Gasteiger partial charge in [-0.1, -0.05) is 15.9 Å². The van der Waals surface area contributed by atoms with Crippen LogP contribution < -0.4 is 5.43 Å². The fourth-order valence-corrected chi connectivity index (χ4v) is 1.42. The van der Waals surface area contributed by atoms with Crippen molar-refractivity contribution in [1.82, 2.24) is 9.38 Å². The van der Waals surface area contributed by atoms with E-state index in [1.54, 1.807) is 18.3 Å².